The number of hydrogen-bond donors (Lipinski definition) is 0. The number of nitrogens with zero attached hydrogens (tertiary/aromatic N) is 3. The summed E-state index contributed by atoms with van der Waals surface area (Å²) in [5.41, 5.74) is 3.15. The number of thiazole rings is 1. The molecule has 3 rings (SSSR count). The minimum absolute atomic E-state index is 0.547. The van der Waals surface area contributed by atoms with E-state index in [2.05, 4.69) is 28.8 Å². The normalized spacial score (nSPS) is 30.3. The van der Waals surface area contributed by atoms with Crippen molar-refractivity contribution < 1.29 is 4.74 Å². The molecule has 2 fully saturated rings. The van der Waals surface area contributed by atoms with Crippen molar-refractivity contribution in [1.82, 2.24) is 14.8 Å². The average molecular weight is 267 g/mol. The van der Waals surface area contributed by atoms with Crippen LogP contribution in [-0.2, 0) is 11.3 Å². The fourth-order valence-electron chi connectivity index (χ4n) is 2.96. The molecule has 2 atom stereocenters. The number of aromatic nitrogens is 1. The minimum atomic E-state index is 0.547. The summed E-state index contributed by atoms with van der Waals surface area (Å²) in [6.07, 6.45) is 0. The summed E-state index contributed by atoms with van der Waals surface area (Å²) >= 11 is 1.78. The van der Waals surface area contributed by atoms with E-state index >= 15 is 0 Å². The first-order valence-electron chi connectivity index (χ1n) is 6.61. The van der Waals surface area contributed by atoms with Crippen LogP contribution in [0.2, 0.25) is 0 Å². The van der Waals surface area contributed by atoms with Crippen molar-refractivity contribution in [2.45, 2.75) is 19.5 Å². The molecule has 4 nitrogen and oxygen atoms in total. The Bertz CT molecular complexity index is 409. The number of fused-ring (bicyclic) bond motifs is 3. The van der Waals surface area contributed by atoms with Gasteiger partial charge in [-0.1, -0.05) is 0 Å². The average Bonchev–Trinajstić information content (AvgIpc) is 2.53. The van der Waals surface area contributed by atoms with Gasteiger partial charge in [-0.2, -0.15) is 0 Å². The maximum absolute atomic E-state index is 5.76. The van der Waals surface area contributed by atoms with Gasteiger partial charge in [0.25, 0.3) is 0 Å². The highest BCUT2D eigenvalue weighted by Gasteiger charge is 2.31. The lowest BCUT2D eigenvalue weighted by Crippen LogP contribution is -2.41. The van der Waals surface area contributed by atoms with Crippen molar-refractivity contribution in [2.75, 3.05) is 39.9 Å². The Morgan fingerprint density at radius 3 is 3.06 bits per heavy atom. The van der Waals surface area contributed by atoms with Crippen molar-refractivity contribution >= 4 is 11.3 Å². The molecule has 1 aromatic heterocycles. The fourth-order valence-corrected chi connectivity index (χ4v) is 3.78. The molecule has 0 amide bonds. The van der Waals surface area contributed by atoms with Crippen LogP contribution in [0.3, 0.4) is 0 Å². The van der Waals surface area contributed by atoms with Crippen molar-refractivity contribution in [3.8, 4) is 0 Å². The highest BCUT2D eigenvalue weighted by Crippen LogP contribution is 2.22. The molecule has 0 aliphatic carbocycles. The first-order chi connectivity index (χ1) is 8.72. The second-order valence-corrected chi connectivity index (χ2v) is 6.49. The van der Waals surface area contributed by atoms with Gasteiger partial charge in [0.15, 0.2) is 0 Å². The molecule has 0 unspecified atom stereocenters. The van der Waals surface area contributed by atoms with Gasteiger partial charge in [0.1, 0.15) is 0 Å². The van der Waals surface area contributed by atoms with E-state index in [0.29, 0.717) is 12.0 Å². The van der Waals surface area contributed by atoms with Gasteiger partial charge in [0, 0.05) is 43.0 Å². The summed E-state index contributed by atoms with van der Waals surface area (Å²) in [5, 5.41) is 0. The third-order valence-corrected chi connectivity index (χ3v) is 4.95. The van der Waals surface area contributed by atoms with E-state index < -0.39 is 0 Å². The van der Waals surface area contributed by atoms with Crippen LogP contribution in [0.4, 0.5) is 0 Å². The molecular weight excluding hydrogens is 246 g/mol. The molecule has 100 valence electrons. The number of likely N-dealkylation sites (N-methyl/N-ethyl adjacent to an activating group) is 1. The topological polar surface area (TPSA) is 28.6 Å². The van der Waals surface area contributed by atoms with E-state index in [0.717, 1.165) is 32.8 Å². The summed E-state index contributed by atoms with van der Waals surface area (Å²) in [7, 11) is 2.23. The van der Waals surface area contributed by atoms with E-state index in [9.17, 15) is 0 Å². The van der Waals surface area contributed by atoms with Crippen molar-refractivity contribution in [3.63, 3.8) is 0 Å². The molecule has 2 aliphatic heterocycles. The largest absolute Gasteiger partial charge is 0.379 e. The second kappa shape index (κ2) is 5.25. The summed E-state index contributed by atoms with van der Waals surface area (Å²) in [4.78, 5) is 10.8. The molecule has 0 aromatic carbocycles. The van der Waals surface area contributed by atoms with Crippen LogP contribution in [0, 0.1) is 12.8 Å². The molecule has 5 heteroatoms. The first-order valence-corrected chi connectivity index (χ1v) is 7.49. The Morgan fingerprint density at radius 1 is 1.39 bits per heavy atom. The predicted molar refractivity (Wildman–Crippen MR) is 72.9 cm³/mol. The zero-order valence-electron chi connectivity index (χ0n) is 11.1. The predicted octanol–water partition coefficient (Wildman–Crippen LogP) is 1.21. The Labute approximate surface area is 113 Å². The van der Waals surface area contributed by atoms with E-state index in [1.54, 1.807) is 11.3 Å². The number of rotatable bonds is 2. The Balaban J connectivity index is 1.72. The van der Waals surface area contributed by atoms with Gasteiger partial charge in [-0.3, -0.25) is 9.80 Å². The molecular formula is C13H21N3OS. The molecule has 1 aromatic rings. The summed E-state index contributed by atoms with van der Waals surface area (Å²) in [6.45, 7) is 8.40. The summed E-state index contributed by atoms with van der Waals surface area (Å²) in [5.74, 6) is 0.649. The van der Waals surface area contributed by atoms with Crippen LogP contribution in [0.15, 0.2) is 5.51 Å². The summed E-state index contributed by atoms with van der Waals surface area (Å²) in [6, 6.07) is 0.547. The molecule has 0 saturated carbocycles. The Kier molecular flexibility index (Phi) is 3.66. The fraction of sp³-hybridized carbons (Fsp3) is 0.769. The lowest BCUT2D eigenvalue weighted by Gasteiger charge is -2.29. The first kappa shape index (κ1) is 12.5. The quantitative estimate of drug-likeness (QED) is 0.805. The van der Waals surface area contributed by atoms with Crippen LogP contribution in [0.25, 0.3) is 0 Å². The van der Waals surface area contributed by atoms with E-state index in [-0.39, 0.29) is 0 Å². The molecule has 2 aliphatic rings. The van der Waals surface area contributed by atoms with Gasteiger partial charge in [-0.25, -0.2) is 4.98 Å². The number of aryl methyl sites for hydroxylation is 1. The van der Waals surface area contributed by atoms with Crippen molar-refractivity contribution in [2.24, 2.45) is 5.92 Å². The molecule has 0 radical (unpaired) electrons. The molecule has 3 heterocycles. The smallest absolute Gasteiger partial charge is 0.0798 e. The third-order valence-electron chi connectivity index (χ3n) is 4.03. The summed E-state index contributed by atoms with van der Waals surface area (Å²) < 4.78 is 5.76. The van der Waals surface area contributed by atoms with Gasteiger partial charge in [-0.05, 0) is 14.0 Å². The lowest BCUT2D eigenvalue weighted by atomic mass is 10.1. The van der Waals surface area contributed by atoms with Crippen LogP contribution in [-0.4, -0.2) is 60.7 Å². The van der Waals surface area contributed by atoms with Gasteiger partial charge >= 0.3 is 0 Å². The molecule has 2 saturated heterocycles. The van der Waals surface area contributed by atoms with Crippen molar-refractivity contribution in [3.05, 3.63) is 16.1 Å². The standard InChI is InChI=1S/C13H21N3OS/c1-10-13(18-9-14-10)6-16-4-11-3-15(2)12(5-16)8-17-7-11/h9,11-12H,3-8H2,1-2H3/t11-,12+/m1/s1. The molecule has 0 spiro atoms. The van der Waals surface area contributed by atoms with Gasteiger partial charge in [0.05, 0.1) is 24.4 Å². The van der Waals surface area contributed by atoms with E-state index in [4.69, 9.17) is 4.74 Å². The Morgan fingerprint density at radius 2 is 2.28 bits per heavy atom. The van der Waals surface area contributed by atoms with Gasteiger partial charge < -0.3 is 4.74 Å². The second-order valence-electron chi connectivity index (χ2n) is 5.55. The monoisotopic (exact) mass is 267 g/mol. The zero-order valence-corrected chi connectivity index (χ0v) is 11.9. The zero-order chi connectivity index (χ0) is 12.5. The SMILES string of the molecule is Cc1ncsc1CN1C[C@@H]2COC[C@H](C1)N(C)C2. The molecule has 0 N–H and O–H groups in total. The molecule has 18 heavy (non-hydrogen) atoms. The maximum Gasteiger partial charge on any atom is 0.0798 e. The Hall–Kier alpha value is -0.490. The minimum Gasteiger partial charge on any atom is -0.379 e. The highest BCUT2D eigenvalue weighted by molar-refractivity contribution is 7.09. The van der Waals surface area contributed by atoms with Crippen LogP contribution >= 0.6 is 11.3 Å². The van der Waals surface area contributed by atoms with Crippen LogP contribution in [0.1, 0.15) is 10.6 Å². The van der Waals surface area contributed by atoms with Crippen LogP contribution in [0.5, 0.6) is 0 Å². The van der Waals surface area contributed by atoms with Gasteiger partial charge in [0.2, 0.25) is 0 Å². The highest BCUT2D eigenvalue weighted by atomic mass is 32.1. The lowest BCUT2D eigenvalue weighted by molar-refractivity contribution is 0.0518. The van der Waals surface area contributed by atoms with Crippen molar-refractivity contribution in [1.29, 1.82) is 0 Å². The van der Waals surface area contributed by atoms with E-state index in [1.807, 2.05) is 5.51 Å². The third kappa shape index (κ3) is 2.59. The van der Waals surface area contributed by atoms with E-state index in [1.165, 1.54) is 17.1 Å². The number of ether oxygens (including phenoxy) is 1. The van der Waals surface area contributed by atoms with Crippen LogP contribution < -0.4 is 0 Å². The van der Waals surface area contributed by atoms with Gasteiger partial charge in [-0.15, -0.1) is 11.3 Å². The molecule has 2 bridgehead atoms. The maximum atomic E-state index is 5.76. The number of hydrogen-bond acceptors (Lipinski definition) is 5.